The number of aromatic amines is 1. The van der Waals surface area contributed by atoms with Crippen LogP contribution in [0.25, 0.3) is 23.4 Å². The summed E-state index contributed by atoms with van der Waals surface area (Å²) in [7, 11) is 1.54. The van der Waals surface area contributed by atoms with Gasteiger partial charge in [-0.15, -0.1) is 0 Å². The Hall–Kier alpha value is -3.41. The summed E-state index contributed by atoms with van der Waals surface area (Å²) in [5.41, 5.74) is 4.52. The number of carbonyl (C=O) groups is 1. The van der Waals surface area contributed by atoms with Crippen molar-refractivity contribution in [1.29, 1.82) is 0 Å². The van der Waals surface area contributed by atoms with Crippen molar-refractivity contribution in [2.24, 2.45) is 0 Å². The second-order valence-electron chi connectivity index (χ2n) is 6.27. The van der Waals surface area contributed by atoms with Gasteiger partial charge >= 0.3 is 0 Å². The van der Waals surface area contributed by atoms with Crippen LogP contribution in [0.1, 0.15) is 27.3 Å². The number of aromatic nitrogens is 2. The van der Waals surface area contributed by atoms with Crippen LogP contribution < -0.4 is 10.1 Å². The maximum absolute atomic E-state index is 14.0. The molecule has 1 aliphatic heterocycles. The second kappa shape index (κ2) is 7.07. The molecule has 5 nitrogen and oxygen atoms in total. The molecule has 1 amide bonds. The van der Waals surface area contributed by atoms with Gasteiger partial charge in [-0.3, -0.25) is 9.78 Å². The van der Waals surface area contributed by atoms with Crippen molar-refractivity contribution >= 4 is 18.1 Å². The lowest BCUT2D eigenvalue weighted by atomic mass is 10.1. The molecule has 0 fully saturated rings. The highest BCUT2D eigenvalue weighted by Crippen LogP contribution is 2.25. The first-order valence-corrected chi connectivity index (χ1v) is 8.62. The maximum atomic E-state index is 14.0. The maximum Gasteiger partial charge on any atom is 0.253 e. The van der Waals surface area contributed by atoms with Gasteiger partial charge in [-0.05, 0) is 48.6 Å². The van der Waals surface area contributed by atoms with E-state index in [0.717, 1.165) is 23.4 Å². The Morgan fingerprint density at radius 3 is 2.89 bits per heavy atom. The summed E-state index contributed by atoms with van der Waals surface area (Å²) in [4.78, 5) is 19.6. The van der Waals surface area contributed by atoms with Crippen LogP contribution in [-0.2, 0) is 6.42 Å². The predicted octanol–water partition coefficient (Wildman–Crippen LogP) is 3.68. The molecule has 0 aliphatic carbocycles. The Kier molecular flexibility index (Phi) is 4.46. The van der Waals surface area contributed by atoms with Gasteiger partial charge in [0.15, 0.2) is 0 Å². The molecule has 6 heteroatoms. The molecular weight excluding hydrogens is 345 g/mol. The summed E-state index contributed by atoms with van der Waals surface area (Å²) < 4.78 is 19.1. The van der Waals surface area contributed by atoms with Crippen molar-refractivity contribution < 1.29 is 13.9 Å². The van der Waals surface area contributed by atoms with Crippen molar-refractivity contribution in [3.05, 3.63) is 70.9 Å². The molecule has 0 spiro atoms. The number of H-pyrrole nitrogens is 1. The fourth-order valence-electron chi connectivity index (χ4n) is 3.11. The second-order valence-corrected chi connectivity index (χ2v) is 6.27. The van der Waals surface area contributed by atoms with Gasteiger partial charge in [-0.1, -0.05) is 0 Å². The van der Waals surface area contributed by atoms with Crippen molar-refractivity contribution in [3.63, 3.8) is 0 Å². The van der Waals surface area contributed by atoms with E-state index in [-0.39, 0.29) is 11.7 Å². The van der Waals surface area contributed by atoms with Crippen LogP contribution in [0.15, 0.2) is 42.6 Å². The number of nitrogens with one attached hydrogen (secondary N) is 2. The number of fused-ring (bicyclic) bond motifs is 1. The van der Waals surface area contributed by atoms with E-state index >= 15 is 0 Å². The minimum Gasteiger partial charge on any atom is -0.497 e. The quantitative estimate of drug-likeness (QED) is 0.743. The van der Waals surface area contributed by atoms with Crippen LogP contribution in [0, 0.1) is 5.82 Å². The van der Waals surface area contributed by atoms with Gasteiger partial charge in [0, 0.05) is 41.7 Å². The summed E-state index contributed by atoms with van der Waals surface area (Å²) in [6.45, 7) is 0.641. The van der Waals surface area contributed by atoms with E-state index < -0.39 is 0 Å². The van der Waals surface area contributed by atoms with Crippen molar-refractivity contribution in [2.45, 2.75) is 6.42 Å². The van der Waals surface area contributed by atoms with Crippen LogP contribution >= 0.6 is 0 Å². The number of benzene rings is 1. The summed E-state index contributed by atoms with van der Waals surface area (Å²) in [6, 6.07) is 10.2. The molecule has 1 aromatic carbocycles. The number of pyridine rings is 1. The zero-order chi connectivity index (χ0) is 18.8. The molecule has 1 aliphatic rings. The average Bonchev–Trinajstić information content (AvgIpc) is 3.13. The predicted molar refractivity (Wildman–Crippen MR) is 102 cm³/mol. The molecule has 136 valence electrons. The zero-order valence-electron chi connectivity index (χ0n) is 14.8. The van der Waals surface area contributed by atoms with Gasteiger partial charge in [-0.2, -0.15) is 0 Å². The number of amides is 1. The SMILES string of the molecule is COc1ccc(F)c(/C=C/c2cc(-c3cc4c([nH]3)CCNC4=O)ccn2)c1. The molecule has 0 unspecified atom stereocenters. The van der Waals surface area contributed by atoms with Gasteiger partial charge in [0.1, 0.15) is 11.6 Å². The molecule has 0 saturated carbocycles. The highest BCUT2D eigenvalue weighted by atomic mass is 19.1. The van der Waals surface area contributed by atoms with Crippen LogP contribution in [0.5, 0.6) is 5.75 Å². The molecule has 0 radical (unpaired) electrons. The highest BCUT2D eigenvalue weighted by Gasteiger charge is 2.19. The van der Waals surface area contributed by atoms with E-state index in [4.69, 9.17) is 4.74 Å². The van der Waals surface area contributed by atoms with Gasteiger partial charge in [0.25, 0.3) is 5.91 Å². The van der Waals surface area contributed by atoms with Crippen molar-refractivity contribution in [2.75, 3.05) is 13.7 Å². The first-order valence-electron chi connectivity index (χ1n) is 8.62. The lowest BCUT2D eigenvalue weighted by Crippen LogP contribution is -2.31. The van der Waals surface area contributed by atoms with E-state index in [1.807, 2.05) is 18.2 Å². The molecule has 4 rings (SSSR count). The number of halogens is 1. The summed E-state index contributed by atoms with van der Waals surface area (Å²) in [5, 5.41) is 2.84. The normalized spacial score (nSPS) is 13.5. The number of hydrogen-bond acceptors (Lipinski definition) is 3. The van der Waals surface area contributed by atoms with Crippen LogP contribution in [0.4, 0.5) is 4.39 Å². The Morgan fingerprint density at radius 2 is 2.07 bits per heavy atom. The summed E-state index contributed by atoms with van der Waals surface area (Å²) >= 11 is 0. The fraction of sp³-hybridized carbons (Fsp3) is 0.143. The van der Waals surface area contributed by atoms with E-state index in [0.29, 0.717) is 29.1 Å². The fourth-order valence-corrected chi connectivity index (χ4v) is 3.11. The smallest absolute Gasteiger partial charge is 0.253 e. The van der Waals surface area contributed by atoms with Crippen LogP contribution in [0.2, 0.25) is 0 Å². The van der Waals surface area contributed by atoms with Gasteiger partial charge in [0.05, 0.1) is 18.4 Å². The third-order valence-corrected chi connectivity index (χ3v) is 4.53. The molecule has 27 heavy (non-hydrogen) atoms. The Balaban J connectivity index is 1.63. The minimum absolute atomic E-state index is 0.0542. The molecule has 2 N–H and O–H groups in total. The first-order chi connectivity index (χ1) is 13.1. The summed E-state index contributed by atoms with van der Waals surface area (Å²) in [6.07, 6.45) is 5.89. The number of methoxy groups -OCH3 is 1. The molecule has 0 saturated heterocycles. The van der Waals surface area contributed by atoms with Crippen molar-refractivity contribution in [3.8, 4) is 17.0 Å². The molecule has 2 aromatic heterocycles. The van der Waals surface area contributed by atoms with E-state index in [1.165, 1.54) is 6.07 Å². The third kappa shape index (κ3) is 3.46. The molecule has 3 aromatic rings. The molecule has 3 heterocycles. The van der Waals surface area contributed by atoms with E-state index in [1.54, 1.807) is 37.6 Å². The molecule has 0 bridgehead atoms. The molecular formula is C21H18FN3O2. The summed E-state index contributed by atoms with van der Waals surface area (Å²) in [5.74, 6) is 0.209. The van der Waals surface area contributed by atoms with Gasteiger partial charge in [-0.25, -0.2) is 4.39 Å². The largest absolute Gasteiger partial charge is 0.497 e. The number of nitrogens with zero attached hydrogens (tertiary/aromatic N) is 1. The highest BCUT2D eigenvalue weighted by molar-refractivity contribution is 5.97. The average molecular weight is 363 g/mol. The van der Waals surface area contributed by atoms with Crippen molar-refractivity contribution in [1.82, 2.24) is 15.3 Å². The zero-order valence-corrected chi connectivity index (χ0v) is 14.8. The number of carbonyl (C=O) groups excluding carboxylic acids is 1. The van der Waals surface area contributed by atoms with Gasteiger partial charge in [0.2, 0.25) is 0 Å². The number of hydrogen-bond donors (Lipinski definition) is 2. The van der Waals surface area contributed by atoms with Crippen LogP contribution in [-0.4, -0.2) is 29.5 Å². The van der Waals surface area contributed by atoms with Gasteiger partial charge < -0.3 is 15.0 Å². The molecule has 0 atom stereocenters. The topological polar surface area (TPSA) is 67.0 Å². The lowest BCUT2D eigenvalue weighted by Gasteiger charge is -2.10. The van der Waals surface area contributed by atoms with E-state index in [2.05, 4.69) is 15.3 Å². The lowest BCUT2D eigenvalue weighted by molar-refractivity contribution is 0.0946. The first kappa shape index (κ1) is 17.0. The number of rotatable bonds is 4. The number of ether oxygens (including phenoxy) is 1. The Labute approximate surface area is 155 Å². The monoisotopic (exact) mass is 363 g/mol. The van der Waals surface area contributed by atoms with E-state index in [9.17, 15) is 9.18 Å². The minimum atomic E-state index is -0.328. The Morgan fingerprint density at radius 1 is 1.19 bits per heavy atom. The standard InChI is InChI=1S/C21H18FN3O2/c1-27-16-4-5-18(22)13(11-16)2-3-15-10-14(6-8-23-15)20-12-17-19(25-20)7-9-24-21(17)26/h2-6,8,10-12,25H,7,9H2,1H3,(H,24,26)/b3-2+. The van der Waals surface area contributed by atoms with Crippen LogP contribution in [0.3, 0.4) is 0 Å². The third-order valence-electron chi connectivity index (χ3n) is 4.53. The Bertz CT molecular complexity index is 1040.